The van der Waals surface area contributed by atoms with Gasteiger partial charge in [0.25, 0.3) is 0 Å². The molecule has 0 radical (unpaired) electrons. The van der Waals surface area contributed by atoms with Gasteiger partial charge in [-0.2, -0.15) is 0 Å². The van der Waals surface area contributed by atoms with E-state index in [1.165, 1.54) is 20.9 Å². The Morgan fingerprint density at radius 2 is 1.07 bits per heavy atom. The Hall–Kier alpha value is -3.42. The first-order valence-electron chi connectivity index (χ1n) is 14.7. The molecule has 4 aromatic rings. The minimum Gasteiger partial charge on any atom is -0.397 e. The molecule has 11 nitrogen and oxygen atoms in total. The zero-order valence-electron chi connectivity index (χ0n) is 25.6. The fraction of sp³-hybridized carbons (Fsp3) is 0.533. The van der Waals surface area contributed by atoms with Gasteiger partial charge in [0.05, 0.1) is 10.8 Å². The molecule has 2 saturated heterocycles. The third-order valence-electron chi connectivity index (χ3n) is 8.28. The van der Waals surface area contributed by atoms with Crippen molar-refractivity contribution < 1.29 is 14.7 Å². The first kappa shape index (κ1) is 32.5. The zero-order valence-corrected chi connectivity index (χ0v) is 27.2. The van der Waals surface area contributed by atoms with E-state index in [-0.39, 0.29) is 30.3 Å². The first-order valence-corrected chi connectivity index (χ1v) is 16.3. The number of nitrogens with two attached hydrogens (primary N) is 2. The molecule has 4 aromatic heterocycles. The predicted molar refractivity (Wildman–Crippen MR) is 175 cm³/mol. The number of nitrogens with zero attached hydrogens (tertiary/aromatic N) is 6. The van der Waals surface area contributed by atoms with Crippen LogP contribution in [0.5, 0.6) is 0 Å². The van der Waals surface area contributed by atoms with Gasteiger partial charge in [-0.1, -0.05) is 0 Å². The molecule has 2 amide bonds. The lowest BCUT2D eigenvalue weighted by molar-refractivity contribution is -0.123. The molecule has 232 valence electrons. The maximum absolute atomic E-state index is 11.2. The van der Waals surface area contributed by atoms with Gasteiger partial charge in [-0.25, -0.2) is 19.9 Å². The summed E-state index contributed by atoms with van der Waals surface area (Å²) in [4.78, 5) is 49.4. The van der Waals surface area contributed by atoms with Crippen molar-refractivity contribution in [1.29, 1.82) is 0 Å². The van der Waals surface area contributed by atoms with E-state index >= 15 is 0 Å². The minimum absolute atomic E-state index is 0.00823. The van der Waals surface area contributed by atoms with E-state index in [2.05, 4.69) is 57.4 Å². The van der Waals surface area contributed by atoms with Crippen molar-refractivity contribution in [3.63, 3.8) is 0 Å². The number of piperidine rings is 2. The molecule has 0 unspecified atom stereocenters. The molecule has 43 heavy (non-hydrogen) atoms. The molecular weight excluding hydrogens is 585 g/mol. The Labute approximate surface area is 260 Å². The third-order valence-corrected chi connectivity index (χ3v) is 10.5. The van der Waals surface area contributed by atoms with E-state index in [4.69, 9.17) is 16.6 Å². The molecular formula is C30H42N8O3S2. The zero-order chi connectivity index (χ0) is 31.3. The molecule has 5 N–H and O–H groups in total. The van der Waals surface area contributed by atoms with Gasteiger partial charge in [0.1, 0.15) is 34.0 Å². The Kier molecular flexibility index (Phi) is 10.9. The molecule has 0 aliphatic carbocycles. The molecule has 6 rings (SSSR count). The molecule has 2 aliphatic heterocycles. The van der Waals surface area contributed by atoms with Crippen LogP contribution in [0.15, 0.2) is 12.7 Å². The quantitative estimate of drug-likeness (QED) is 0.303. The van der Waals surface area contributed by atoms with Crippen molar-refractivity contribution in [2.24, 2.45) is 23.3 Å². The van der Waals surface area contributed by atoms with Crippen LogP contribution in [0.3, 0.4) is 0 Å². The van der Waals surface area contributed by atoms with Crippen molar-refractivity contribution in [1.82, 2.24) is 19.9 Å². The number of aryl methyl sites for hydroxylation is 4. The van der Waals surface area contributed by atoms with Crippen LogP contribution in [-0.2, 0) is 9.59 Å². The highest BCUT2D eigenvalue weighted by atomic mass is 32.1. The molecule has 0 atom stereocenters. The first-order chi connectivity index (χ1) is 20.6. The van der Waals surface area contributed by atoms with E-state index in [9.17, 15) is 9.59 Å². The molecule has 0 aromatic carbocycles. The van der Waals surface area contributed by atoms with Gasteiger partial charge in [-0.15, -0.1) is 22.7 Å². The lowest BCUT2D eigenvalue weighted by atomic mass is 9.96. The number of primary amides is 2. The molecule has 13 heteroatoms. The van der Waals surface area contributed by atoms with Crippen molar-refractivity contribution in [3.8, 4) is 0 Å². The normalized spacial score (nSPS) is 16.0. The van der Waals surface area contributed by atoms with Crippen LogP contribution in [0.25, 0.3) is 20.4 Å². The van der Waals surface area contributed by atoms with E-state index in [0.29, 0.717) is 0 Å². The Bertz CT molecular complexity index is 1450. The van der Waals surface area contributed by atoms with Crippen LogP contribution in [0.2, 0.25) is 0 Å². The maximum atomic E-state index is 11.2. The van der Waals surface area contributed by atoms with Crippen LogP contribution < -0.4 is 21.3 Å². The second-order valence-corrected chi connectivity index (χ2v) is 13.4. The van der Waals surface area contributed by atoms with E-state index < -0.39 is 0 Å². The number of hydrogen-bond acceptors (Lipinski definition) is 11. The predicted octanol–water partition coefficient (Wildman–Crippen LogP) is 4.02. The Balaban J connectivity index is 0.000000181. The summed E-state index contributed by atoms with van der Waals surface area (Å²) in [6.45, 7) is 13.7. The van der Waals surface area contributed by atoms with E-state index in [1.807, 2.05) is 0 Å². The van der Waals surface area contributed by atoms with Crippen LogP contribution in [-0.4, -0.2) is 69.6 Å². The number of fused-ring (bicyclic) bond motifs is 2. The van der Waals surface area contributed by atoms with Crippen molar-refractivity contribution in [3.05, 3.63) is 33.5 Å². The molecule has 2 aliphatic rings. The second-order valence-electron chi connectivity index (χ2n) is 11.0. The largest absolute Gasteiger partial charge is 0.397 e. The number of aliphatic hydroxyl groups excluding tert-OH is 1. The molecule has 2 fully saturated rings. The highest BCUT2D eigenvalue weighted by Gasteiger charge is 2.27. The number of amides is 2. The topological polar surface area (TPSA) is 164 Å². The van der Waals surface area contributed by atoms with Gasteiger partial charge in [0, 0.05) is 54.4 Å². The lowest BCUT2D eigenvalue weighted by Crippen LogP contribution is -2.39. The van der Waals surface area contributed by atoms with Gasteiger partial charge in [0.2, 0.25) is 11.8 Å². The molecule has 0 saturated carbocycles. The Morgan fingerprint density at radius 3 is 1.37 bits per heavy atom. The number of carbonyl (C=O) groups excluding carboxylic acids is 2. The van der Waals surface area contributed by atoms with Gasteiger partial charge in [-0.05, 0) is 71.4 Å². The lowest BCUT2D eigenvalue weighted by Gasteiger charge is -2.31. The summed E-state index contributed by atoms with van der Waals surface area (Å²) < 4.78 is 0. The monoisotopic (exact) mass is 626 g/mol. The fourth-order valence-electron chi connectivity index (χ4n) is 5.56. The van der Waals surface area contributed by atoms with E-state index in [1.54, 1.807) is 42.3 Å². The number of anilines is 2. The summed E-state index contributed by atoms with van der Waals surface area (Å²) in [5.74, 6) is 1.65. The number of hydrogen-bond donors (Lipinski definition) is 3. The van der Waals surface area contributed by atoms with Gasteiger partial charge in [0.15, 0.2) is 0 Å². The third kappa shape index (κ3) is 7.22. The summed E-state index contributed by atoms with van der Waals surface area (Å²) in [5, 5.41) is 9.89. The van der Waals surface area contributed by atoms with Gasteiger partial charge < -0.3 is 26.4 Å². The van der Waals surface area contributed by atoms with Crippen LogP contribution in [0.1, 0.15) is 53.5 Å². The average Bonchev–Trinajstić information content (AvgIpc) is 3.47. The summed E-state index contributed by atoms with van der Waals surface area (Å²) in [7, 11) is 0. The number of rotatable bonds is 4. The second kappa shape index (κ2) is 14.4. The van der Waals surface area contributed by atoms with Gasteiger partial charge in [-0.3, -0.25) is 9.59 Å². The summed E-state index contributed by atoms with van der Waals surface area (Å²) in [5.41, 5.74) is 13.3. The van der Waals surface area contributed by atoms with Crippen LogP contribution in [0.4, 0.5) is 11.6 Å². The number of carbonyl (C=O) groups is 2. The SMILES string of the molecule is CCO.Cc1sc2ncnc(N3CCC(C(N)=O)CC3)c2c1C.Cc1sc2ncnc(N3CCC(C(N)=O)CC3)c2c1C. The van der Waals surface area contributed by atoms with E-state index in [0.717, 1.165) is 83.9 Å². The number of thiophene rings is 2. The minimum atomic E-state index is -0.181. The summed E-state index contributed by atoms with van der Waals surface area (Å²) >= 11 is 3.42. The van der Waals surface area contributed by atoms with Crippen molar-refractivity contribution in [2.45, 2.75) is 60.3 Å². The molecule has 6 heterocycles. The number of aliphatic hydroxyl groups is 1. The van der Waals surface area contributed by atoms with Crippen molar-refractivity contribution in [2.75, 3.05) is 42.6 Å². The highest BCUT2D eigenvalue weighted by Crippen LogP contribution is 2.36. The smallest absolute Gasteiger partial charge is 0.220 e. The summed E-state index contributed by atoms with van der Waals surface area (Å²) in [6.07, 6.45) is 6.50. The summed E-state index contributed by atoms with van der Waals surface area (Å²) in [6, 6.07) is 0. The average molecular weight is 627 g/mol. The molecule has 0 bridgehead atoms. The van der Waals surface area contributed by atoms with Gasteiger partial charge >= 0.3 is 0 Å². The standard InChI is InChI=1S/2C14H18N4OS.C2H6O/c2*1-8-9(2)20-14-11(8)13(16-7-17-14)18-5-3-10(4-6-18)12(15)19;1-2-3/h2*7,10H,3-6H2,1-2H3,(H2,15,19);3H,2H2,1H3. The highest BCUT2D eigenvalue weighted by molar-refractivity contribution is 7.19. The number of aromatic nitrogens is 4. The Morgan fingerprint density at radius 1 is 0.744 bits per heavy atom. The van der Waals surface area contributed by atoms with Crippen molar-refractivity contribution >= 4 is 66.6 Å². The maximum Gasteiger partial charge on any atom is 0.220 e. The molecule has 0 spiro atoms. The van der Waals surface area contributed by atoms with Crippen LogP contribution in [0, 0.1) is 39.5 Å². The fourth-order valence-corrected chi connectivity index (χ4v) is 7.54. The van der Waals surface area contributed by atoms with Crippen LogP contribution >= 0.6 is 22.7 Å².